The number of amidine groups is 1. The van der Waals surface area contributed by atoms with Crippen LogP contribution in [0.5, 0.6) is 0 Å². The summed E-state index contributed by atoms with van der Waals surface area (Å²) in [5.74, 6) is 0.381. The van der Waals surface area contributed by atoms with Crippen LogP contribution in [0.2, 0.25) is 0 Å². The second-order valence-electron chi connectivity index (χ2n) is 5.87. The van der Waals surface area contributed by atoms with Gasteiger partial charge in [0.15, 0.2) is 0 Å². The lowest BCUT2D eigenvalue weighted by Gasteiger charge is -2.29. The molecule has 0 radical (unpaired) electrons. The summed E-state index contributed by atoms with van der Waals surface area (Å²) in [6.45, 7) is 10.0. The quantitative estimate of drug-likeness (QED) is 0.444. The second kappa shape index (κ2) is 6.26. The van der Waals surface area contributed by atoms with Crippen LogP contribution in [0, 0.1) is 11.3 Å². The Morgan fingerprint density at radius 2 is 2.05 bits per heavy atom. The topological polar surface area (TPSA) is 85.0 Å². The predicted octanol–water partition coefficient (Wildman–Crippen LogP) is 2.78. The zero-order valence-corrected chi connectivity index (χ0v) is 13.7. The summed E-state index contributed by atoms with van der Waals surface area (Å²) in [4.78, 5) is 1.07. The molecule has 2 unspecified atom stereocenters. The highest BCUT2D eigenvalue weighted by atomic mass is 32.2. The van der Waals surface area contributed by atoms with Crippen molar-refractivity contribution >= 4 is 28.5 Å². The molecule has 0 aromatic carbocycles. The van der Waals surface area contributed by atoms with Crippen molar-refractivity contribution in [3.8, 4) is 0 Å². The lowest BCUT2D eigenvalue weighted by atomic mass is 10.0. The van der Waals surface area contributed by atoms with Crippen LogP contribution in [0.25, 0.3) is 0 Å². The van der Waals surface area contributed by atoms with Gasteiger partial charge in [0.1, 0.15) is 10.6 Å². The van der Waals surface area contributed by atoms with Gasteiger partial charge in [0.05, 0.1) is 6.04 Å². The van der Waals surface area contributed by atoms with Crippen LogP contribution in [-0.2, 0) is 11.4 Å². The monoisotopic (exact) mass is 301 g/mol. The van der Waals surface area contributed by atoms with Crippen LogP contribution in [0.4, 0.5) is 0 Å². The van der Waals surface area contributed by atoms with E-state index in [1.807, 2.05) is 32.2 Å². The Bertz CT molecular complexity index is 437. The Hall–Kier alpha value is -0.560. The van der Waals surface area contributed by atoms with E-state index in [4.69, 9.17) is 11.1 Å². The number of nitrogen functional groups attached to an aromatic ring is 1. The van der Waals surface area contributed by atoms with E-state index in [0.717, 1.165) is 10.4 Å². The average molecular weight is 301 g/mol. The van der Waals surface area contributed by atoms with Crippen molar-refractivity contribution in [1.82, 2.24) is 4.72 Å². The zero-order chi connectivity index (χ0) is 14.8. The molecule has 0 amide bonds. The molecule has 0 fully saturated rings. The van der Waals surface area contributed by atoms with E-state index in [2.05, 4.69) is 18.6 Å². The van der Waals surface area contributed by atoms with E-state index in [9.17, 15) is 4.55 Å². The lowest BCUT2D eigenvalue weighted by molar-refractivity contribution is 0.457. The lowest BCUT2D eigenvalue weighted by Crippen LogP contribution is -2.42. The van der Waals surface area contributed by atoms with Crippen LogP contribution in [0.15, 0.2) is 11.4 Å². The molecule has 0 aliphatic heterocycles. The molecule has 108 valence electrons. The summed E-state index contributed by atoms with van der Waals surface area (Å²) < 4.78 is 15.1. The first-order chi connectivity index (χ1) is 8.62. The van der Waals surface area contributed by atoms with Crippen molar-refractivity contribution in [2.24, 2.45) is 11.7 Å². The van der Waals surface area contributed by atoms with Gasteiger partial charge in [0.2, 0.25) is 0 Å². The van der Waals surface area contributed by atoms with Gasteiger partial charge in [0.25, 0.3) is 0 Å². The van der Waals surface area contributed by atoms with Crippen molar-refractivity contribution in [2.75, 3.05) is 0 Å². The minimum atomic E-state index is -1.12. The van der Waals surface area contributed by atoms with Crippen molar-refractivity contribution < 1.29 is 4.55 Å². The van der Waals surface area contributed by atoms with Crippen LogP contribution in [-0.4, -0.2) is 15.1 Å². The molecular weight excluding hydrogens is 278 g/mol. The highest BCUT2D eigenvalue weighted by Gasteiger charge is 2.31. The maximum Gasteiger partial charge on any atom is 0.136 e. The van der Waals surface area contributed by atoms with Crippen LogP contribution in [0.3, 0.4) is 0 Å². The molecule has 2 atom stereocenters. The zero-order valence-electron chi connectivity index (χ0n) is 12.1. The van der Waals surface area contributed by atoms with E-state index in [1.165, 1.54) is 0 Å². The van der Waals surface area contributed by atoms with Gasteiger partial charge in [-0.05, 0) is 32.8 Å². The fourth-order valence-corrected chi connectivity index (χ4v) is 3.66. The molecule has 0 saturated carbocycles. The van der Waals surface area contributed by atoms with E-state index >= 15 is 0 Å². The predicted molar refractivity (Wildman–Crippen MR) is 83.9 cm³/mol. The molecular formula is C13H23N3OS2. The first-order valence-electron chi connectivity index (χ1n) is 6.23. The van der Waals surface area contributed by atoms with Gasteiger partial charge in [-0.3, -0.25) is 5.41 Å². The van der Waals surface area contributed by atoms with Gasteiger partial charge < -0.3 is 10.3 Å². The second-order valence-corrected chi connectivity index (χ2v) is 8.81. The Morgan fingerprint density at radius 3 is 2.42 bits per heavy atom. The number of hydrogen-bond acceptors (Lipinski definition) is 4. The van der Waals surface area contributed by atoms with Gasteiger partial charge in [-0.1, -0.05) is 13.8 Å². The molecule has 1 aromatic heterocycles. The fourth-order valence-electron chi connectivity index (χ4n) is 1.47. The standard InChI is InChI=1S/C13H23N3OS2/c1-8(2)11(16-19(17)13(3,4)5)10-6-9(7-18-10)12(14)15/h6-8,11,16H,1-5H3,(H3,14,15). The van der Waals surface area contributed by atoms with Crippen molar-refractivity contribution in [3.05, 3.63) is 21.9 Å². The molecule has 1 heterocycles. The Morgan fingerprint density at radius 1 is 1.47 bits per heavy atom. The normalized spacial score (nSPS) is 15.5. The highest BCUT2D eigenvalue weighted by molar-refractivity contribution is 7.90. The SMILES string of the molecule is CC(C)C(N[S+]([O-])C(C)(C)C)c1cc(C(=N)N)cs1. The van der Waals surface area contributed by atoms with Crippen LogP contribution >= 0.6 is 11.3 Å². The van der Waals surface area contributed by atoms with Crippen molar-refractivity contribution in [3.63, 3.8) is 0 Å². The number of nitrogens with one attached hydrogen (secondary N) is 2. The van der Waals surface area contributed by atoms with Gasteiger partial charge in [-0.15, -0.1) is 16.1 Å². The summed E-state index contributed by atoms with van der Waals surface area (Å²) in [5.41, 5.74) is 6.21. The molecule has 6 heteroatoms. The summed E-state index contributed by atoms with van der Waals surface area (Å²) in [7, 11) is 0. The minimum Gasteiger partial charge on any atom is -0.598 e. The van der Waals surface area contributed by atoms with Gasteiger partial charge >= 0.3 is 0 Å². The molecule has 4 N–H and O–H groups in total. The Balaban J connectivity index is 2.91. The van der Waals surface area contributed by atoms with Gasteiger partial charge in [-0.25, -0.2) is 0 Å². The molecule has 0 saturated heterocycles. The van der Waals surface area contributed by atoms with Gasteiger partial charge in [-0.2, -0.15) is 0 Å². The number of hydrogen-bond donors (Lipinski definition) is 3. The molecule has 0 aliphatic carbocycles. The summed E-state index contributed by atoms with van der Waals surface area (Å²) in [6, 6.07) is 1.92. The molecule has 0 aliphatic rings. The third-order valence-corrected chi connectivity index (χ3v) is 5.29. The van der Waals surface area contributed by atoms with Crippen LogP contribution < -0.4 is 10.5 Å². The van der Waals surface area contributed by atoms with E-state index in [-0.39, 0.29) is 16.6 Å². The van der Waals surface area contributed by atoms with Gasteiger partial charge in [0, 0.05) is 27.2 Å². The molecule has 4 nitrogen and oxygen atoms in total. The average Bonchev–Trinajstić information content (AvgIpc) is 2.72. The Kier molecular flexibility index (Phi) is 5.43. The molecule has 1 rings (SSSR count). The van der Waals surface area contributed by atoms with Crippen molar-refractivity contribution in [1.29, 1.82) is 5.41 Å². The third-order valence-electron chi connectivity index (χ3n) is 2.69. The summed E-state index contributed by atoms with van der Waals surface area (Å²) >= 11 is 0.431. The first kappa shape index (κ1) is 16.5. The number of rotatable bonds is 5. The molecule has 19 heavy (non-hydrogen) atoms. The fraction of sp³-hybridized carbons (Fsp3) is 0.615. The summed E-state index contributed by atoms with van der Waals surface area (Å²) in [6.07, 6.45) is 0. The molecule has 0 bridgehead atoms. The number of nitrogens with two attached hydrogens (primary N) is 1. The highest BCUT2D eigenvalue weighted by Crippen LogP contribution is 2.30. The minimum absolute atomic E-state index is 0.0122. The van der Waals surface area contributed by atoms with E-state index < -0.39 is 11.4 Å². The largest absolute Gasteiger partial charge is 0.598 e. The van der Waals surface area contributed by atoms with E-state index in [0.29, 0.717) is 5.92 Å². The number of thiophene rings is 1. The molecule has 1 aromatic rings. The first-order valence-corrected chi connectivity index (χ1v) is 8.26. The Labute approximate surface area is 122 Å². The van der Waals surface area contributed by atoms with Crippen molar-refractivity contribution in [2.45, 2.75) is 45.4 Å². The molecule has 0 spiro atoms. The smallest absolute Gasteiger partial charge is 0.136 e. The summed E-state index contributed by atoms with van der Waals surface area (Å²) in [5, 5.41) is 9.31. The maximum absolute atomic E-state index is 12.2. The third kappa shape index (κ3) is 4.49. The van der Waals surface area contributed by atoms with E-state index in [1.54, 1.807) is 11.3 Å². The maximum atomic E-state index is 12.2. The van der Waals surface area contributed by atoms with Crippen LogP contribution in [0.1, 0.15) is 51.1 Å².